The van der Waals surface area contributed by atoms with Crippen molar-refractivity contribution >= 4 is 0 Å². The molecule has 0 aromatic heterocycles. The standard InChI is InChI=1S/C9H12FNO2/c1-5-2-6(13)3-7(9(5)10)8(11)4-12/h2-3,8,12-13H,4,11H2,1H3. The summed E-state index contributed by atoms with van der Waals surface area (Å²) in [6.07, 6.45) is 0. The monoisotopic (exact) mass is 185 g/mol. The van der Waals surface area contributed by atoms with Gasteiger partial charge in [0, 0.05) is 5.56 Å². The Morgan fingerprint density at radius 3 is 2.69 bits per heavy atom. The molecular formula is C9H12FNO2. The van der Waals surface area contributed by atoms with Crippen molar-refractivity contribution < 1.29 is 14.6 Å². The van der Waals surface area contributed by atoms with Crippen LogP contribution in [0.15, 0.2) is 12.1 Å². The number of halogens is 1. The van der Waals surface area contributed by atoms with Crippen molar-refractivity contribution in [2.45, 2.75) is 13.0 Å². The molecule has 0 aliphatic carbocycles. The number of benzene rings is 1. The lowest BCUT2D eigenvalue weighted by atomic mass is 10.0. The molecule has 1 unspecified atom stereocenters. The number of hydrogen-bond donors (Lipinski definition) is 3. The number of hydrogen-bond acceptors (Lipinski definition) is 3. The number of aliphatic hydroxyl groups excluding tert-OH is 1. The fraction of sp³-hybridized carbons (Fsp3) is 0.333. The third kappa shape index (κ3) is 1.96. The molecule has 0 aliphatic heterocycles. The summed E-state index contributed by atoms with van der Waals surface area (Å²) in [4.78, 5) is 0. The van der Waals surface area contributed by atoms with Gasteiger partial charge >= 0.3 is 0 Å². The van der Waals surface area contributed by atoms with Crippen molar-refractivity contribution in [3.05, 3.63) is 29.1 Å². The maximum absolute atomic E-state index is 13.3. The fourth-order valence-electron chi connectivity index (χ4n) is 1.15. The van der Waals surface area contributed by atoms with Gasteiger partial charge in [0.15, 0.2) is 0 Å². The second-order valence-electron chi connectivity index (χ2n) is 2.95. The summed E-state index contributed by atoms with van der Waals surface area (Å²) in [5, 5.41) is 17.9. The first-order valence-electron chi connectivity index (χ1n) is 3.91. The normalized spacial score (nSPS) is 12.9. The zero-order chi connectivity index (χ0) is 10.0. The molecule has 4 N–H and O–H groups in total. The van der Waals surface area contributed by atoms with E-state index in [0.717, 1.165) is 0 Å². The maximum atomic E-state index is 13.3. The van der Waals surface area contributed by atoms with E-state index in [1.54, 1.807) is 0 Å². The number of phenolic OH excluding ortho intramolecular Hbond substituents is 1. The first kappa shape index (κ1) is 9.95. The van der Waals surface area contributed by atoms with Crippen molar-refractivity contribution in [1.82, 2.24) is 0 Å². The molecule has 1 aromatic rings. The van der Waals surface area contributed by atoms with E-state index in [-0.39, 0.29) is 17.9 Å². The summed E-state index contributed by atoms with van der Waals surface area (Å²) in [5.74, 6) is -0.517. The Morgan fingerprint density at radius 1 is 1.54 bits per heavy atom. The van der Waals surface area contributed by atoms with Crippen LogP contribution in [-0.2, 0) is 0 Å². The summed E-state index contributed by atoms with van der Waals surface area (Å²) in [7, 11) is 0. The minimum atomic E-state index is -0.786. The van der Waals surface area contributed by atoms with Gasteiger partial charge in [-0.05, 0) is 24.6 Å². The number of nitrogens with two attached hydrogens (primary N) is 1. The molecule has 0 fully saturated rings. The van der Waals surface area contributed by atoms with Crippen LogP contribution in [-0.4, -0.2) is 16.8 Å². The zero-order valence-electron chi connectivity index (χ0n) is 7.29. The lowest BCUT2D eigenvalue weighted by Gasteiger charge is -2.11. The lowest BCUT2D eigenvalue weighted by molar-refractivity contribution is 0.265. The zero-order valence-corrected chi connectivity index (χ0v) is 7.29. The third-order valence-electron chi connectivity index (χ3n) is 1.86. The summed E-state index contributed by atoms with van der Waals surface area (Å²) >= 11 is 0. The quantitative estimate of drug-likeness (QED) is 0.639. The van der Waals surface area contributed by atoms with E-state index < -0.39 is 11.9 Å². The van der Waals surface area contributed by atoms with Crippen molar-refractivity contribution in [3.8, 4) is 5.75 Å². The predicted molar refractivity (Wildman–Crippen MR) is 46.8 cm³/mol. The van der Waals surface area contributed by atoms with Gasteiger partial charge in [-0.15, -0.1) is 0 Å². The lowest BCUT2D eigenvalue weighted by Crippen LogP contribution is -2.16. The molecule has 0 bridgehead atoms. The number of aromatic hydroxyl groups is 1. The second-order valence-corrected chi connectivity index (χ2v) is 2.95. The SMILES string of the molecule is Cc1cc(O)cc(C(N)CO)c1F. The largest absolute Gasteiger partial charge is 0.508 e. The maximum Gasteiger partial charge on any atom is 0.131 e. The van der Waals surface area contributed by atoms with Crippen LogP contribution in [0.4, 0.5) is 4.39 Å². The highest BCUT2D eigenvalue weighted by Crippen LogP contribution is 2.23. The molecule has 1 aromatic carbocycles. The van der Waals surface area contributed by atoms with Gasteiger partial charge in [0.25, 0.3) is 0 Å². The van der Waals surface area contributed by atoms with Gasteiger partial charge in [-0.2, -0.15) is 0 Å². The van der Waals surface area contributed by atoms with Gasteiger partial charge in [-0.25, -0.2) is 4.39 Å². The van der Waals surface area contributed by atoms with Crippen molar-refractivity contribution in [2.24, 2.45) is 5.73 Å². The van der Waals surface area contributed by atoms with Crippen LogP contribution in [0.2, 0.25) is 0 Å². The number of rotatable bonds is 2. The van der Waals surface area contributed by atoms with Gasteiger partial charge in [0.2, 0.25) is 0 Å². The van der Waals surface area contributed by atoms with Gasteiger partial charge in [-0.3, -0.25) is 0 Å². The Morgan fingerprint density at radius 2 is 2.15 bits per heavy atom. The Labute approximate surface area is 75.6 Å². The molecule has 0 radical (unpaired) electrons. The fourth-order valence-corrected chi connectivity index (χ4v) is 1.15. The van der Waals surface area contributed by atoms with Crippen LogP contribution in [0, 0.1) is 12.7 Å². The van der Waals surface area contributed by atoms with Crippen LogP contribution >= 0.6 is 0 Å². The summed E-state index contributed by atoms with van der Waals surface area (Å²) in [5.41, 5.74) is 5.89. The van der Waals surface area contributed by atoms with Gasteiger partial charge < -0.3 is 15.9 Å². The minimum Gasteiger partial charge on any atom is -0.508 e. The molecule has 72 valence electrons. The van der Waals surface area contributed by atoms with Crippen LogP contribution < -0.4 is 5.73 Å². The topological polar surface area (TPSA) is 66.5 Å². The molecular weight excluding hydrogens is 173 g/mol. The van der Waals surface area contributed by atoms with E-state index in [1.807, 2.05) is 0 Å². The molecule has 0 amide bonds. The van der Waals surface area contributed by atoms with Gasteiger partial charge in [-0.1, -0.05) is 0 Å². The molecule has 1 atom stereocenters. The molecule has 0 saturated heterocycles. The molecule has 0 spiro atoms. The average molecular weight is 185 g/mol. The minimum absolute atomic E-state index is 0.0437. The van der Waals surface area contributed by atoms with E-state index in [0.29, 0.717) is 5.56 Å². The van der Waals surface area contributed by atoms with Crippen molar-refractivity contribution in [2.75, 3.05) is 6.61 Å². The number of aryl methyl sites for hydroxylation is 1. The molecule has 0 heterocycles. The smallest absolute Gasteiger partial charge is 0.131 e. The van der Waals surface area contributed by atoms with Crippen LogP contribution in [0.5, 0.6) is 5.75 Å². The van der Waals surface area contributed by atoms with E-state index in [2.05, 4.69) is 0 Å². The van der Waals surface area contributed by atoms with Gasteiger partial charge in [0.1, 0.15) is 11.6 Å². The third-order valence-corrected chi connectivity index (χ3v) is 1.86. The highest BCUT2D eigenvalue weighted by atomic mass is 19.1. The highest BCUT2D eigenvalue weighted by molar-refractivity contribution is 5.36. The summed E-state index contributed by atoms with van der Waals surface area (Å²) < 4.78 is 13.3. The van der Waals surface area contributed by atoms with E-state index in [1.165, 1.54) is 19.1 Å². The van der Waals surface area contributed by atoms with Crippen molar-refractivity contribution in [3.63, 3.8) is 0 Å². The predicted octanol–water partition coefficient (Wildman–Crippen LogP) is 0.832. The average Bonchev–Trinajstić information content (AvgIpc) is 2.10. The first-order valence-corrected chi connectivity index (χ1v) is 3.91. The van der Waals surface area contributed by atoms with E-state index >= 15 is 0 Å². The second kappa shape index (κ2) is 3.72. The van der Waals surface area contributed by atoms with Gasteiger partial charge in [0.05, 0.1) is 12.6 Å². The summed E-state index contributed by atoms with van der Waals surface area (Å²) in [6, 6.07) is 1.75. The Bertz CT molecular complexity index is 315. The van der Waals surface area contributed by atoms with Crippen LogP contribution in [0.25, 0.3) is 0 Å². The van der Waals surface area contributed by atoms with Crippen molar-refractivity contribution in [1.29, 1.82) is 0 Å². The molecule has 4 heteroatoms. The number of aliphatic hydroxyl groups is 1. The van der Waals surface area contributed by atoms with E-state index in [4.69, 9.17) is 15.9 Å². The highest BCUT2D eigenvalue weighted by Gasteiger charge is 2.13. The molecule has 1 rings (SSSR count). The Balaban J connectivity index is 3.20. The summed E-state index contributed by atoms with van der Waals surface area (Å²) in [6.45, 7) is 1.18. The van der Waals surface area contributed by atoms with Crippen LogP contribution in [0.1, 0.15) is 17.2 Å². The van der Waals surface area contributed by atoms with E-state index in [9.17, 15) is 4.39 Å². The molecule has 0 saturated carbocycles. The Kier molecular flexibility index (Phi) is 2.85. The molecule has 3 nitrogen and oxygen atoms in total. The first-order chi connectivity index (χ1) is 6.06. The van der Waals surface area contributed by atoms with Crippen LogP contribution in [0.3, 0.4) is 0 Å². The number of phenols is 1. The Hall–Kier alpha value is -1.13. The molecule has 13 heavy (non-hydrogen) atoms. The molecule has 0 aliphatic rings.